The second-order valence-corrected chi connectivity index (χ2v) is 8.02. The normalized spacial score (nSPS) is 22.6. The highest BCUT2D eigenvalue weighted by Crippen LogP contribution is 2.35. The Balaban J connectivity index is 0.000000567. The Kier molecular flexibility index (Phi) is 6.47. The number of H-pyrrole nitrogens is 1. The molecule has 0 spiro atoms. The Bertz CT molecular complexity index is 1070. The van der Waals surface area contributed by atoms with Crippen LogP contribution in [0.1, 0.15) is 43.8 Å². The molecule has 1 aliphatic carbocycles. The van der Waals surface area contributed by atoms with Gasteiger partial charge in [-0.15, -0.1) is 5.10 Å². The van der Waals surface area contributed by atoms with Gasteiger partial charge in [0, 0.05) is 25.4 Å². The van der Waals surface area contributed by atoms with Crippen molar-refractivity contribution < 1.29 is 19.4 Å². The largest absolute Gasteiger partial charge is 0.481 e. The number of carbonyl (C=O) groups excluding carboxylic acids is 1. The second kappa shape index (κ2) is 9.45. The van der Waals surface area contributed by atoms with Crippen LogP contribution in [0.4, 0.5) is 0 Å². The fourth-order valence-electron chi connectivity index (χ4n) is 4.31. The molecule has 0 radical (unpaired) electrons. The third-order valence-electron chi connectivity index (χ3n) is 5.58. The highest BCUT2D eigenvalue weighted by Gasteiger charge is 2.36. The molecule has 5 rings (SSSR count). The number of hydrogen-bond donors (Lipinski definition) is 4. The Morgan fingerprint density at radius 2 is 2.06 bits per heavy atom. The molecule has 2 fully saturated rings. The quantitative estimate of drug-likeness (QED) is 0.464. The van der Waals surface area contributed by atoms with Gasteiger partial charge in [-0.1, -0.05) is 12.1 Å². The lowest BCUT2D eigenvalue weighted by Crippen LogP contribution is -2.51. The summed E-state index contributed by atoms with van der Waals surface area (Å²) in [5.74, 6) is 0.783. The van der Waals surface area contributed by atoms with E-state index in [1.54, 1.807) is 4.68 Å². The fraction of sp³-hybridized carbons (Fsp3) is 0.476. The maximum absolute atomic E-state index is 11.4. The van der Waals surface area contributed by atoms with Crippen LogP contribution in [0.5, 0.6) is 0 Å². The Labute approximate surface area is 184 Å². The molecule has 11 heteroatoms. The van der Waals surface area contributed by atoms with Gasteiger partial charge in [0.1, 0.15) is 5.82 Å². The van der Waals surface area contributed by atoms with Crippen LogP contribution in [0.15, 0.2) is 24.3 Å². The molecule has 1 amide bonds. The lowest BCUT2D eigenvalue weighted by molar-refractivity contribution is -0.134. The lowest BCUT2D eigenvalue weighted by Gasteiger charge is -2.39. The van der Waals surface area contributed by atoms with Gasteiger partial charge in [-0.05, 0) is 31.4 Å². The van der Waals surface area contributed by atoms with Gasteiger partial charge in [0.25, 0.3) is 5.97 Å². The van der Waals surface area contributed by atoms with Gasteiger partial charge >= 0.3 is 0 Å². The lowest BCUT2D eigenvalue weighted by atomic mass is 9.82. The number of aromatic nitrogens is 5. The molecular formula is C21H27N7O4. The predicted octanol–water partition coefficient (Wildman–Crippen LogP) is 0.887. The molecule has 2 aromatic heterocycles. The van der Waals surface area contributed by atoms with Crippen LogP contribution in [0.25, 0.3) is 17.0 Å². The molecule has 1 aliphatic heterocycles. The number of para-hydroxylation sites is 2. The summed E-state index contributed by atoms with van der Waals surface area (Å²) in [5.41, 5.74) is 7.17. The Morgan fingerprint density at radius 1 is 1.28 bits per heavy atom. The zero-order chi connectivity index (χ0) is 22.7. The third kappa shape index (κ3) is 4.94. The summed E-state index contributed by atoms with van der Waals surface area (Å²) in [6.07, 6.45) is 3.12. The average Bonchev–Trinajstić information content (AvgIpc) is 3.36. The maximum atomic E-state index is 11.4. The van der Waals surface area contributed by atoms with Crippen molar-refractivity contribution in [2.75, 3.05) is 13.2 Å². The monoisotopic (exact) mass is 441 g/mol. The van der Waals surface area contributed by atoms with Gasteiger partial charge in [0.05, 0.1) is 30.2 Å². The van der Waals surface area contributed by atoms with E-state index in [-0.39, 0.29) is 18.4 Å². The minimum Gasteiger partial charge on any atom is -0.481 e. The molecule has 1 saturated carbocycles. The molecule has 3 heterocycles. The molecule has 1 aromatic carbocycles. The van der Waals surface area contributed by atoms with E-state index in [9.17, 15) is 4.79 Å². The van der Waals surface area contributed by atoms with Crippen molar-refractivity contribution >= 4 is 22.9 Å². The highest BCUT2D eigenvalue weighted by molar-refractivity contribution is 5.76. The van der Waals surface area contributed by atoms with Crippen molar-refractivity contribution in [2.24, 2.45) is 5.73 Å². The standard InChI is InChI=1S/C19H23N7O2.C2H4O2/c20-16(27)10-17-24-18(11-5-6-15-14(9-11)21-7-8-28-15)26(25-17)19-22-12-3-1-2-4-13(12)23-19;1-2(3)4/h1-4,11,14-15,21H,5-10H2,(H2,20,27)(H,22,23);1H3,(H,3,4)/t11-,14+,15+;/m0./s1. The number of carboxylic acids is 1. The fourth-order valence-corrected chi connectivity index (χ4v) is 4.31. The number of nitrogens with two attached hydrogens (primary N) is 1. The Morgan fingerprint density at radius 3 is 2.81 bits per heavy atom. The van der Waals surface area contributed by atoms with E-state index in [1.807, 2.05) is 24.3 Å². The summed E-state index contributed by atoms with van der Waals surface area (Å²) < 4.78 is 7.64. The molecule has 32 heavy (non-hydrogen) atoms. The van der Waals surface area contributed by atoms with E-state index in [1.165, 1.54) is 0 Å². The first kappa shape index (κ1) is 21.9. The number of imidazole rings is 1. The summed E-state index contributed by atoms with van der Waals surface area (Å²) in [4.78, 5) is 33.1. The number of benzene rings is 1. The minimum absolute atomic E-state index is 0.0142. The van der Waals surface area contributed by atoms with Gasteiger partial charge in [0.2, 0.25) is 11.9 Å². The molecular weight excluding hydrogens is 414 g/mol. The van der Waals surface area contributed by atoms with Crippen molar-refractivity contribution in [1.82, 2.24) is 30.0 Å². The molecule has 2 aliphatic rings. The van der Waals surface area contributed by atoms with Gasteiger partial charge in [-0.3, -0.25) is 9.59 Å². The van der Waals surface area contributed by atoms with Crippen molar-refractivity contribution in [1.29, 1.82) is 0 Å². The summed E-state index contributed by atoms with van der Waals surface area (Å²) in [6, 6.07) is 8.14. The van der Waals surface area contributed by atoms with Gasteiger partial charge in [0.15, 0.2) is 5.82 Å². The summed E-state index contributed by atoms with van der Waals surface area (Å²) in [6.45, 7) is 2.72. The smallest absolute Gasteiger partial charge is 0.300 e. The number of carboxylic acid groups (broad SMARTS) is 1. The van der Waals surface area contributed by atoms with Crippen LogP contribution < -0.4 is 11.1 Å². The molecule has 3 aromatic rings. The van der Waals surface area contributed by atoms with Crippen LogP contribution in [-0.4, -0.2) is 67.0 Å². The number of amides is 1. The number of carbonyl (C=O) groups is 2. The number of morpholine rings is 1. The maximum Gasteiger partial charge on any atom is 0.300 e. The molecule has 5 N–H and O–H groups in total. The number of hydrogen-bond acceptors (Lipinski definition) is 7. The first-order chi connectivity index (χ1) is 15.4. The number of primary amides is 1. The van der Waals surface area contributed by atoms with Gasteiger partial charge in [-0.25, -0.2) is 9.97 Å². The van der Waals surface area contributed by atoms with Gasteiger partial charge < -0.3 is 25.9 Å². The van der Waals surface area contributed by atoms with E-state index < -0.39 is 11.9 Å². The highest BCUT2D eigenvalue weighted by atomic mass is 16.5. The van der Waals surface area contributed by atoms with Gasteiger partial charge in [-0.2, -0.15) is 4.68 Å². The summed E-state index contributed by atoms with van der Waals surface area (Å²) >= 11 is 0. The minimum atomic E-state index is -0.833. The topological polar surface area (TPSA) is 161 Å². The number of nitrogens with one attached hydrogen (secondary N) is 2. The number of ether oxygens (including phenoxy) is 1. The average molecular weight is 441 g/mol. The molecule has 170 valence electrons. The van der Waals surface area contributed by atoms with E-state index >= 15 is 0 Å². The number of fused-ring (bicyclic) bond motifs is 2. The predicted molar refractivity (Wildman–Crippen MR) is 115 cm³/mol. The summed E-state index contributed by atoms with van der Waals surface area (Å²) in [7, 11) is 0. The van der Waals surface area contributed by atoms with Crippen molar-refractivity contribution in [2.45, 2.75) is 50.7 Å². The van der Waals surface area contributed by atoms with Crippen LogP contribution in [-0.2, 0) is 20.7 Å². The first-order valence-corrected chi connectivity index (χ1v) is 10.6. The van der Waals surface area contributed by atoms with Crippen LogP contribution in [0, 0.1) is 0 Å². The summed E-state index contributed by atoms with van der Waals surface area (Å²) in [5, 5.41) is 15.5. The molecule has 0 unspecified atom stereocenters. The third-order valence-corrected chi connectivity index (χ3v) is 5.58. The van der Waals surface area contributed by atoms with Crippen molar-refractivity contribution in [3.05, 3.63) is 35.9 Å². The second-order valence-electron chi connectivity index (χ2n) is 8.02. The zero-order valence-electron chi connectivity index (χ0n) is 17.8. The van der Waals surface area contributed by atoms with E-state index in [2.05, 4.69) is 25.4 Å². The van der Waals surface area contributed by atoms with Crippen molar-refractivity contribution in [3.63, 3.8) is 0 Å². The number of rotatable bonds is 4. The van der Waals surface area contributed by atoms with E-state index in [0.29, 0.717) is 17.8 Å². The number of aliphatic carboxylic acids is 1. The van der Waals surface area contributed by atoms with Crippen molar-refractivity contribution in [3.8, 4) is 5.95 Å². The number of nitrogens with zero attached hydrogens (tertiary/aromatic N) is 4. The molecule has 1 saturated heterocycles. The van der Waals surface area contributed by atoms with Crippen LogP contribution >= 0.6 is 0 Å². The van der Waals surface area contributed by atoms with E-state index in [4.69, 9.17) is 20.4 Å². The van der Waals surface area contributed by atoms with E-state index in [0.717, 1.165) is 56.2 Å². The number of aromatic amines is 1. The molecule has 0 bridgehead atoms. The Hall–Kier alpha value is -3.31. The van der Waals surface area contributed by atoms with Crippen LogP contribution in [0.2, 0.25) is 0 Å². The SMILES string of the molecule is CC(=O)O.NC(=O)Cc1nc([C@H]2CC[C@H]3OCCN[C@@H]3C2)n(-c2nc3ccccc3[nH]2)n1. The molecule has 3 atom stereocenters. The zero-order valence-corrected chi connectivity index (χ0v) is 17.8. The first-order valence-electron chi connectivity index (χ1n) is 10.6. The molecule has 11 nitrogen and oxygen atoms in total. The van der Waals surface area contributed by atoms with Crippen LogP contribution in [0.3, 0.4) is 0 Å².